The second-order valence-corrected chi connectivity index (χ2v) is 4.29. The van der Waals surface area contributed by atoms with E-state index in [1.54, 1.807) is 18.1 Å². The van der Waals surface area contributed by atoms with Gasteiger partial charge in [0.15, 0.2) is 5.82 Å². The van der Waals surface area contributed by atoms with E-state index in [2.05, 4.69) is 20.4 Å². The zero-order valence-corrected chi connectivity index (χ0v) is 10.9. The molecule has 0 fully saturated rings. The third kappa shape index (κ3) is 3.18. The van der Waals surface area contributed by atoms with E-state index in [0.717, 1.165) is 0 Å². The first-order chi connectivity index (χ1) is 8.54. The summed E-state index contributed by atoms with van der Waals surface area (Å²) in [5.74, 6) is 0.214. The van der Waals surface area contributed by atoms with Gasteiger partial charge in [0.2, 0.25) is 0 Å². The lowest BCUT2D eigenvalue weighted by Crippen LogP contribution is -2.23. The van der Waals surface area contributed by atoms with Crippen molar-refractivity contribution in [2.45, 2.75) is 6.54 Å². The van der Waals surface area contributed by atoms with Gasteiger partial charge in [-0.2, -0.15) is 5.10 Å². The number of aromatic nitrogens is 4. The summed E-state index contributed by atoms with van der Waals surface area (Å²) in [6, 6.07) is 2.88. The molecule has 2 heterocycles. The molecule has 0 spiro atoms. The molecule has 0 aliphatic rings. The highest BCUT2D eigenvalue weighted by atomic mass is 35.5. The standard InChI is InChI=1S/C10H9Cl2N5O/c1-17-5-14-9(16-17)4-13-10(18)6-2-7(11)15-8(12)3-6/h2-3,5H,4H2,1H3,(H,13,18). The molecule has 1 amide bonds. The number of nitrogens with one attached hydrogen (secondary N) is 1. The van der Waals surface area contributed by atoms with Crippen molar-refractivity contribution in [2.75, 3.05) is 0 Å². The molecule has 0 aromatic carbocycles. The van der Waals surface area contributed by atoms with Crippen LogP contribution in [0.3, 0.4) is 0 Å². The minimum absolute atomic E-state index is 0.170. The molecule has 2 rings (SSSR count). The van der Waals surface area contributed by atoms with Crippen LogP contribution in [0.25, 0.3) is 0 Å². The van der Waals surface area contributed by atoms with Crippen molar-refractivity contribution >= 4 is 29.1 Å². The van der Waals surface area contributed by atoms with Crippen LogP contribution in [-0.2, 0) is 13.6 Å². The average molecular weight is 286 g/mol. The molecule has 18 heavy (non-hydrogen) atoms. The highest BCUT2D eigenvalue weighted by Crippen LogP contribution is 2.14. The van der Waals surface area contributed by atoms with Gasteiger partial charge in [0, 0.05) is 12.6 Å². The van der Waals surface area contributed by atoms with E-state index in [4.69, 9.17) is 23.2 Å². The van der Waals surface area contributed by atoms with Gasteiger partial charge in [-0.3, -0.25) is 9.48 Å². The number of halogens is 2. The largest absolute Gasteiger partial charge is 0.345 e. The summed E-state index contributed by atoms with van der Waals surface area (Å²) in [7, 11) is 1.75. The first-order valence-corrected chi connectivity index (χ1v) is 5.76. The van der Waals surface area contributed by atoms with Crippen LogP contribution in [0.1, 0.15) is 16.2 Å². The fourth-order valence-electron chi connectivity index (χ4n) is 1.32. The molecule has 2 aromatic rings. The first kappa shape index (κ1) is 12.8. The normalized spacial score (nSPS) is 10.4. The number of aryl methyl sites for hydroxylation is 1. The molecular weight excluding hydrogens is 277 g/mol. The molecule has 0 aliphatic heterocycles. The highest BCUT2D eigenvalue weighted by Gasteiger charge is 2.09. The summed E-state index contributed by atoms with van der Waals surface area (Å²) in [6.45, 7) is 0.233. The summed E-state index contributed by atoms with van der Waals surface area (Å²) in [4.78, 5) is 19.6. The predicted molar refractivity (Wildman–Crippen MR) is 66.4 cm³/mol. The summed E-state index contributed by atoms with van der Waals surface area (Å²) < 4.78 is 1.56. The van der Waals surface area contributed by atoms with Crippen molar-refractivity contribution in [1.29, 1.82) is 0 Å². The van der Waals surface area contributed by atoms with Gasteiger partial charge in [0.1, 0.15) is 16.6 Å². The first-order valence-electron chi connectivity index (χ1n) is 5.00. The Morgan fingerprint density at radius 1 is 1.39 bits per heavy atom. The van der Waals surface area contributed by atoms with E-state index in [1.807, 2.05) is 0 Å². The number of carbonyl (C=O) groups excluding carboxylic acids is 1. The van der Waals surface area contributed by atoms with Gasteiger partial charge in [0.05, 0.1) is 6.54 Å². The number of hydrogen-bond acceptors (Lipinski definition) is 4. The molecule has 0 saturated heterocycles. The molecule has 8 heteroatoms. The van der Waals surface area contributed by atoms with Gasteiger partial charge in [-0.1, -0.05) is 23.2 Å². The zero-order chi connectivity index (χ0) is 13.1. The maximum atomic E-state index is 11.8. The summed E-state index contributed by atoms with van der Waals surface area (Å²) >= 11 is 11.4. The maximum Gasteiger partial charge on any atom is 0.251 e. The summed E-state index contributed by atoms with van der Waals surface area (Å²) in [5.41, 5.74) is 0.343. The van der Waals surface area contributed by atoms with Crippen LogP contribution >= 0.6 is 23.2 Å². The van der Waals surface area contributed by atoms with Crippen molar-refractivity contribution in [3.63, 3.8) is 0 Å². The van der Waals surface area contributed by atoms with Crippen molar-refractivity contribution in [1.82, 2.24) is 25.1 Å². The van der Waals surface area contributed by atoms with Crippen LogP contribution in [0.4, 0.5) is 0 Å². The Kier molecular flexibility index (Phi) is 3.78. The molecule has 0 atom stereocenters. The van der Waals surface area contributed by atoms with E-state index < -0.39 is 0 Å². The molecule has 0 unspecified atom stereocenters. The number of nitrogens with zero attached hydrogens (tertiary/aromatic N) is 4. The molecule has 6 nitrogen and oxygen atoms in total. The predicted octanol–water partition coefficient (Wildman–Crippen LogP) is 1.45. The highest BCUT2D eigenvalue weighted by molar-refractivity contribution is 6.33. The third-order valence-corrected chi connectivity index (χ3v) is 2.47. The van der Waals surface area contributed by atoms with E-state index in [-0.39, 0.29) is 22.8 Å². The second-order valence-electron chi connectivity index (χ2n) is 3.52. The fourth-order valence-corrected chi connectivity index (χ4v) is 1.78. The molecule has 1 N–H and O–H groups in total. The van der Waals surface area contributed by atoms with Crippen LogP contribution in [0.15, 0.2) is 18.5 Å². The van der Waals surface area contributed by atoms with Gasteiger partial charge >= 0.3 is 0 Å². The minimum atomic E-state index is -0.311. The number of carbonyl (C=O) groups is 1. The molecule has 2 aromatic heterocycles. The molecule has 94 valence electrons. The smallest absolute Gasteiger partial charge is 0.251 e. The van der Waals surface area contributed by atoms with E-state index in [9.17, 15) is 4.79 Å². The number of hydrogen-bond donors (Lipinski definition) is 1. The quantitative estimate of drug-likeness (QED) is 0.867. The third-order valence-electron chi connectivity index (χ3n) is 2.08. The Labute approximate surface area is 113 Å². The topological polar surface area (TPSA) is 72.7 Å². The Bertz CT molecular complexity index is 563. The van der Waals surface area contributed by atoms with Crippen LogP contribution in [-0.4, -0.2) is 25.7 Å². The second kappa shape index (κ2) is 5.32. The summed E-state index contributed by atoms with van der Waals surface area (Å²) in [5, 5.41) is 7.04. The van der Waals surface area contributed by atoms with Crippen LogP contribution in [0.5, 0.6) is 0 Å². The van der Waals surface area contributed by atoms with E-state index in [1.165, 1.54) is 12.1 Å². The molecular formula is C10H9Cl2N5O. The lowest BCUT2D eigenvalue weighted by molar-refractivity contribution is 0.0949. The molecule has 0 aliphatic carbocycles. The van der Waals surface area contributed by atoms with Crippen molar-refractivity contribution < 1.29 is 4.79 Å². The SMILES string of the molecule is Cn1cnc(CNC(=O)c2cc(Cl)nc(Cl)c2)n1. The van der Waals surface area contributed by atoms with Crippen molar-refractivity contribution in [2.24, 2.45) is 7.05 Å². The Morgan fingerprint density at radius 3 is 2.61 bits per heavy atom. The Hall–Kier alpha value is -1.66. The van der Waals surface area contributed by atoms with Crippen molar-refractivity contribution in [3.8, 4) is 0 Å². The molecule has 0 radical (unpaired) electrons. The van der Waals surface area contributed by atoms with E-state index >= 15 is 0 Å². The Balaban J connectivity index is 2.03. The average Bonchev–Trinajstić information content (AvgIpc) is 2.70. The van der Waals surface area contributed by atoms with Gasteiger partial charge in [-0.25, -0.2) is 9.97 Å². The van der Waals surface area contributed by atoms with Crippen molar-refractivity contribution in [3.05, 3.63) is 40.2 Å². The van der Waals surface area contributed by atoms with Crippen LogP contribution in [0, 0.1) is 0 Å². The Morgan fingerprint density at radius 2 is 2.06 bits per heavy atom. The maximum absolute atomic E-state index is 11.8. The zero-order valence-electron chi connectivity index (χ0n) is 9.39. The number of amides is 1. The monoisotopic (exact) mass is 285 g/mol. The minimum Gasteiger partial charge on any atom is -0.345 e. The van der Waals surface area contributed by atoms with Gasteiger partial charge < -0.3 is 5.32 Å². The molecule has 0 bridgehead atoms. The lowest BCUT2D eigenvalue weighted by atomic mass is 10.2. The van der Waals surface area contributed by atoms with Crippen LogP contribution < -0.4 is 5.32 Å². The van der Waals surface area contributed by atoms with Gasteiger partial charge in [-0.15, -0.1) is 0 Å². The number of rotatable bonds is 3. The molecule has 0 saturated carbocycles. The summed E-state index contributed by atoms with van der Waals surface area (Å²) in [6.07, 6.45) is 1.56. The van der Waals surface area contributed by atoms with E-state index in [0.29, 0.717) is 11.4 Å². The van der Waals surface area contributed by atoms with Gasteiger partial charge in [-0.05, 0) is 12.1 Å². The number of pyridine rings is 1. The lowest BCUT2D eigenvalue weighted by Gasteiger charge is -2.03. The fraction of sp³-hybridized carbons (Fsp3) is 0.200. The van der Waals surface area contributed by atoms with Crippen LogP contribution in [0.2, 0.25) is 10.3 Å². The van der Waals surface area contributed by atoms with Gasteiger partial charge in [0.25, 0.3) is 5.91 Å².